The summed E-state index contributed by atoms with van der Waals surface area (Å²) in [5.74, 6) is 0.802. The molecule has 5 N–H and O–H groups in total. The van der Waals surface area contributed by atoms with Crippen molar-refractivity contribution in [2.45, 2.75) is 71.9 Å². The molecule has 20 heavy (non-hydrogen) atoms. The Bertz CT molecular complexity index is 184. The standard InChI is InChI=1S/C11H24N2.C3H7.CH3.Cr.H2O2/c1-10(2)7-9(5-6-12)8-11(3,4)13-10;1-3-2;;;1-2/h9,13H,5-8,12H2,1-4H3;3H,1-2H3;1H3;;1-2H/q;2*-1;+2;. The quantitative estimate of drug-likeness (QED) is 0.355. The van der Waals surface area contributed by atoms with E-state index in [1.54, 1.807) is 0 Å². The fourth-order valence-electron chi connectivity index (χ4n) is 2.97. The van der Waals surface area contributed by atoms with Crippen LogP contribution in [0.4, 0.5) is 0 Å². The second-order valence-corrected chi connectivity index (χ2v) is 6.32. The van der Waals surface area contributed by atoms with Gasteiger partial charge in [0.2, 0.25) is 0 Å². The minimum absolute atomic E-state index is 0. The van der Waals surface area contributed by atoms with Gasteiger partial charge in [-0.25, -0.2) is 0 Å². The molecule has 0 radical (unpaired) electrons. The van der Waals surface area contributed by atoms with Crippen LogP contribution in [-0.2, 0) is 17.4 Å². The zero-order chi connectivity index (χ0) is 14.8. The fraction of sp³-hybridized carbons (Fsp3) is 0.867. The molecule has 1 heterocycles. The molecule has 0 aromatic carbocycles. The first-order chi connectivity index (χ1) is 8.26. The molecular formula is C15H36CrN2O2. The van der Waals surface area contributed by atoms with Crippen LogP contribution in [0.15, 0.2) is 0 Å². The van der Waals surface area contributed by atoms with Crippen LogP contribution in [0.5, 0.6) is 0 Å². The van der Waals surface area contributed by atoms with Crippen molar-refractivity contribution in [2.24, 2.45) is 11.7 Å². The van der Waals surface area contributed by atoms with Gasteiger partial charge in [-0.1, -0.05) is 0 Å². The van der Waals surface area contributed by atoms with E-state index in [-0.39, 0.29) is 35.9 Å². The molecule has 0 amide bonds. The van der Waals surface area contributed by atoms with E-state index in [1.807, 2.05) is 20.3 Å². The summed E-state index contributed by atoms with van der Waals surface area (Å²) >= 11 is 0. The summed E-state index contributed by atoms with van der Waals surface area (Å²) in [6.07, 6.45) is 5.69. The van der Waals surface area contributed by atoms with E-state index in [0.29, 0.717) is 0 Å². The van der Waals surface area contributed by atoms with Crippen LogP contribution < -0.4 is 11.1 Å². The minimum atomic E-state index is 0. The van der Waals surface area contributed by atoms with Crippen LogP contribution in [-0.4, -0.2) is 28.1 Å². The first kappa shape index (κ1) is 28.5. The number of hydrogen-bond donors (Lipinski definition) is 4. The molecule has 4 nitrogen and oxygen atoms in total. The molecule has 0 aromatic rings. The van der Waals surface area contributed by atoms with Crippen molar-refractivity contribution in [3.8, 4) is 0 Å². The Morgan fingerprint density at radius 2 is 1.40 bits per heavy atom. The van der Waals surface area contributed by atoms with Gasteiger partial charge in [0.15, 0.2) is 0 Å². The third-order valence-corrected chi connectivity index (χ3v) is 2.85. The van der Waals surface area contributed by atoms with Crippen molar-refractivity contribution in [3.05, 3.63) is 13.8 Å². The summed E-state index contributed by atoms with van der Waals surface area (Å²) in [6, 6.07) is 0. The summed E-state index contributed by atoms with van der Waals surface area (Å²) in [7, 11) is 0. The van der Waals surface area contributed by atoms with Gasteiger partial charge >= 0.3 is 17.4 Å². The largest absolute Gasteiger partial charge is 2.00 e. The van der Waals surface area contributed by atoms with E-state index in [1.165, 1.54) is 19.3 Å². The smallest absolute Gasteiger partial charge is 0.358 e. The van der Waals surface area contributed by atoms with Crippen LogP contribution in [0.25, 0.3) is 0 Å². The van der Waals surface area contributed by atoms with Crippen molar-refractivity contribution < 1.29 is 27.9 Å². The van der Waals surface area contributed by atoms with Crippen LogP contribution in [0.3, 0.4) is 0 Å². The van der Waals surface area contributed by atoms with Crippen LogP contribution in [0.1, 0.15) is 60.8 Å². The molecule has 1 aliphatic heterocycles. The van der Waals surface area contributed by atoms with Crippen LogP contribution >= 0.6 is 0 Å². The van der Waals surface area contributed by atoms with E-state index < -0.39 is 0 Å². The Balaban J connectivity index is -0.000000162. The van der Waals surface area contributed by atoms with E-state index in [4.69, 9.17) is 16.2 Å². The maximum Gasteiger partial charge on any atom is 2.00 e. The Morgan fingerprint density at radius 3 is 1.65 bits per heavy atom. The van der Waals surface area contributed by atoms with Gasteiger partial charge in [0.05, 0.1) is 0 Å². The second-order valence-electron chi connectivity index (χ2n) is 6.32. The van der Waals surface area contributed by atoms with Crippen molar-refractivity contribution in [3.63, 3.8) is 0 Å². The second kappa shape index (κ2) is 14.3. The molecule has 0 atom stereocenters. The molecule has 0 aromatic heterocycles. The Labute approximate surface area is 137 Å². The van der Waals surface area contributed by atoms with E-state index in [0.717, 1.165) is 12.5 Å². The molecule has 124 valence electrons. The predicted octanol–water partition coefficient (Wildman–Crippen LogP) is 3.59. The maximum atomic E-state index is 6.00. The van der Waals surface area contributed by atoms with Gasteiger partial charge < -0.3 is 24.9 Å². The van der Waals surface area contributed by atoms with Crippen molar-refractivity contribution in [1.82, 2.24) is 5.32 Å². The molecule has 1 fully saturated rings. The summed E-state index contributed by atoms with van der Waals surface area (Å²) in [6.45, 7) is 14.0. The SMILES string of the molecule is CC1(C)CC(CCN)CC(C)(C)N1.C[CH-]C.OO.[CH3-].[Cr+2]. The first-order valence-electron chi connectivity index (χ1n) is 6.69. The molecular weight excluding hydrogens is 292 g/mol. The number of piperidine rings is 1. The Hall–Kier alpha value is 0.372. The third kappa shape index (κ3) is 14.8. The number of rotatable bonds is 2. The molecule has 0 aliphatic carbocycles. The maximum absolute atomic E-state index is 6.00. The summed E-state index contributed by atoms with van der Waals surface area (Å²) in [5, 5.41) is 15.7. The average molecular weight is 328 g/mol. The zero-order valence-electron chi connectivity index (χ0n) is 14.4. The van der Waals surface area contributed by atoms with E-state index in [9.17, 15) is 0 Å². The molecule has 1 saturated heterocycles. The topological polar surface area (TPSA) is 78.5 Å². The van der Waals surface area contributed by atoms with Crippen molar-refractivity contribution >= 4 is 0 Å². The minimum Gasteiger partial charge on any atom is -0.358 e. The first-order valence-corrected chi connectivity index (χ1v) is 6.69. The van der Waals surface area contributed by atoms with Gasteiger partial charge in [-0.15, -0.1) is 0 Å². The molecule has 0 spiro atoms. The van der Waals surface area contributed by atoms with Gasteiger partial charge in [-0.05, 0) is 59.4 Å². The van der Waals surface area contributed by atoms with Gasteiger partial charge in [0.25, 0.3) is 0 Å². The van der Waals surface area contributed by atoms with E-state index in [2.05, 4.69) is 33.0 Å². The summed E-state index contributed by atoms with van der Waals surface area (Å²) in [4.78, 5) is 0. The summed E-state index contributed by atoms with van der Waals surface area (Å²) in [5.41, 5.74) is 6.17. The summed E-state index contributed by atoms with van der Waals surface area (Å²) < 4.78 is 0. The van der Waals surface area contributed by atoms with Gasteiger partial charge in [-0.2, -0.15) is 13.8 Å². The molecule has 1 aliphatic rings. The number of hydrogen-bond acceptors (Lipinski definition) is 4. The molecule has 1 rings (SSSR count). The zero-order valence-corrected chi connectivity index (χ0v) is 15.6. The number of nitrogens with two attached hydrogens (primary N) is 1. The predicted molar refractivity (Wildman–Crippen MR) is 85.0 cm³/mol. The molecule has 0 unspecified atom stereocenters. The average Bonchev–Trinajstić information content (AvgIpc) is 2.17. The monoisotopic (exact) mass is 328 g/mol. The van der Waals surface area contributed by atoms with Crippen LogP contribution in [0.2, 0.25) is 0 Å². The third-order valence-electron chi connectivity index (χ3n) is 2.85. The fourth-order valence-corrected chi connectivity index (χ4v) is 2.97. The van der Waals surface area contributed by atoms with Gasteiger partial charge in [-0.3, -0.25) is 10.5 Å². The Kier molecular flexibility index (Phi) is 20.4. The number of nitrogens with one attached hydrogen (secondary N) is 1. The van der Waals surface area contributed by atoms with Gasteiger partial charge in [0, 0.05) is 11.1 Å². The Morgan fingerprint density at radius 1 is 1.10 bits per heavy atom. The molecule has 0 saturated carbocycles. The van der Waals surface area contributed by atoms with Crippen molar-refractivity contribution in [1.29, 1.82) is 0 Å². The van der Waals surface area contributed by atoms with E-state index >= 15 is 0 Å². The molecule has 0 bridgehead atoms. The molecule has 5 heteroatoms. The van der Waals surface area contributed by atoms with Crippen LogP contribution in [0, 0.1) is 19.8 Å². The van der Waals surface area contributed by atoms with Gasteiger partial charge in [0.1, 0.15) is 0 Å². The van der Waals surface area contributed by atoms with Crippen molar-refractivity contribution in [2.75, 3.05) is 6.54 Å². The normalized spacial score (nSPS) is 19.1.